The van der Waals surface area contributed by atoms with Crippen LogP contribution < -0.4 is 20.7 Å². The highest BCUT2D eigenvalue weighted by Crippen LogP contribution is 2.24. The van der Waals surface area contributed by atoms with Crippen LogP contribution in [0.1, 0.15) is 29.9 Å². The lowest BCUT2D eigenvalue weighted by molar-refractivity contribution is -0.123. The number of amides is 2. The number of thiazole rings is 1. The van der Waals surface area contributed by atoms with E-state index in [0.29, 0.717) is 24.0 Å². The molecule has 3 rings (SSSR count). The number of benzene rings is 2. The van der Waals surface area contributed by atoms with Crippen LogP contribution in [0.25, 0.3) is 0 Å². The molecule has 1 aromatic heterocycles. The Morgan fingerprint density at radius 3 is 2.59 bits per heavy atom. The predicted octanol–water partition coefficient (Wildman–Crippen LogP) is 4.01. The van der Waals surface area contributed by atoms with Crippen LogP contribution in [0.3, 0.4) is 0 Å². The Hall–Kier alpha value is -3.39. The molecule has 0 fully saturated rings. The second-order valence-electron chi connectivity index (χ2n) is 7.75. The van der Waals surface area contributed by atoms with E-state index in [9.17, 15) is 9.59 Å². The van der Waals surface area contributed by atoms with Gasteiger partial charge in [0, 0.05) is 30.1 Å². The van der Waals surface area contributed by atoms with E-state index in [4.69, 9.17) is 4.74 Å². The van der Waals surface area contributed by atoms with Gasteiger partial charge in [0.05, 0.1) is 7.11 Å². The maximum Gasteiger partial charge on any atom is 0.271 e. The molecule has 1 atom stereocenters. The van der Waals surface area contributed by atoms with Gasteiger partial charge in [0.15, 0.2) is 5.13 Å². The first kappa shape index (κ1) is 23.3. The molecule has 0 spiro atoms. The van der Waals surface area contributed by atoms with Crippen molar-refractivity contribution in [1.29, 1.82) is 0 Å². The lowest BCUT2D eigenvalue weighted by Gasteiger charge is -2.19. The van der Waals surface area contributed by atoms with Crippen LogP contribution in [-0.2, 0) is 11.2 Å². The fourth-order valence-corrected chi connectivity index (χ4v) is 3.69. The Kier molecular flexibility index (Phi) is 8.21. The van der Waals surface area contributed by atoms with E-state index in [1.807, 2.05) is 68.4 Å². The molecule has 32 heavy (non-hydrogen) atoms. The Balaban J connectivity index is 1.68. The van der Waals surface area contributed by atoms with Crippen LogP contribution >= 0.6 is 11.3 Å². The second-order valence-corrected chi connectivity index (χ2v) is 8.61. The van der Waals surface area contributed by atoms with Crippen LogP contribution in [0.5, 0.6) is 5.75 Å². The number of methoxy groups -OCH3 is 1. The zero-order chi connectivity index (χ0) is 22.9. The number of anilines is 2. The molecule has 7 nitrogen and oxygen atoms in total. The van der Waals surface area contributed by atoms with E-state index in [0.717, 1.165) is 17.0 Å². The molecule has 0 bridgehead atoms. The lowest BCUT2D eigenvalue weighted by Crippen LogP contribution is -2.48. The summed E-state index contributed by atoms with van der Waals surface area (Å²) in [5.41, 5.74) is 2.03. The highest BCUT2D eigenvalue weighted by atomic mass is 32.1. The molecule has 2 aromatic carbocycles. The third-order valence-corrected chi connectivity index (χ3v) is 5.40. The Bertz CT molecular complexity index is 1040. The smallest absolute Gasteiger partial charge is 0.271 e. The van der Waals surface area contributed by atoms with E-state index in [-0.39, 0.29) is 17.5 Å². The summed E-state index contributed by atoms with van der Waals surface area (Å²) >= 11 is 1.32. The zero-order valence-corrected chi connectivity index (χ0v) is 19.2. The van der Waals surface area contributed by atoms with Gasteiger partial charge in [-0.25, -0.2) is 4.98 Å². The van der Waals surface area contributed by atoms with E-state index in [1.165, 1.54) is 11.3 Å². The molecule has 0 aliphatic heterocycles. The first-order chi connectivity index (χ1) is 15.4. The SMILES string of the molecule is COc1cccc(Nc2nc(C(=O)NC(Cc3ccccc3)C(=O)NCC(C)C)cs2)c1. The second kappa shape index (κ2) is 11.3. The molecule has 1 heterocycles. The van der Waals surface area contributed by atoms with Crippen LogP contribution in [0, 0.1) is 5.92 Å². The minimum absolute atomic E-state index is 0.208. The molecular weight excluding hydrogens is 424 g/mol. The van der Waals surface area contributed by atoms with Crippen LogP contribution in [0.4, 0.5) is 10.8 Å². The maximum absolute atomic E-state index is 12.9. The third kappa shape index (κ3) is 6.81. The van der Waals surface area contributed by atoms with Crippen molar-refractivity contribution in [2.24, 2.45) is 5.92 Å². The summed E-state index contributed by atoms with van der Waals surface area (Å²) in [6, 6.07) is 16.4. The van der Waals surface area contributed by atoms with Gasteiger partial charge in [-0.2, -0.15) is 0 Å². The van der Waals surface area contributed by atoms with Crippen molar-refractivity contribution >= 4 is 34.0 Å². The Labute approximate surface area is 192 Å². The minimum atomic E-state index is -0.694. The standard InChI is InChI=1S/C24H28N4O3S/c1-16(2)14-25-22(29)20(12-17-8-5-4-6-9-17)27-23(30)21-15-32-24(28-21)26-18-10-7-11-19(13-18)31-3/h4-11,13,15-16,20H,12,14H2,1-3H3,(H,25,29)(H,26,28)(H,27,30). The third-order valence-electron chi connectivity index (χ3n) is 4.65. The molecule has 3 N–H and O–H groups in total. The molecule has 1 unspecified atom stereocenters. The summed E-state index contributed by atoms with van der Waals surface area (Å²) in [4.78, 5) is 30.0. The number of aromatic nitrogens is 1. The topological polar surface area (TPSA) is 92.3 Å². The fraction of sp³-hybridized carbons (Fsp3) is 0.292. The number of hydrogen-bond acceptors (Lipinski definition) is 6. The van der Waals surface area contributed by atoms with Crippen LogP contribution in [0.2, 0.25) is 0 Å². The summed E-state index contributed by atoms with van der Waals surface area (Å²) in [5, 5.41) is 11.2. The van der Waals surface area contributed by atoms with Gasteiger partial charge in [-0.3, -0.25) is 9.59 Å². The number of carbonyl (C=O) groups is 2. The van der Waals surface area contributed by atoms with Gasteiger partial charge in [-0.15, -0.1) is 11.3 Å². The van der Waals surface area contributed by atoms with Gasteiger partial charge in [-0.1, -0.05) is 50.2 Å². The van der Waals surface area contributed by atoms with Gasteiger partial charge >= 0.3 is 0 Å². The minimum Gasteiger partial charge on any atom is -0.497 e. The Morgan fingerprint density at radius 1 is 1.09 bits per heavy atom. The Morgan fingerprint density at radius 2 is 1.88 bits per heavy atom. The van der Waals surface area contributed by atoms with Crippen molar-refractivity contribution in [2.75, 3.05) is 19.0 Å². The van der Waals surface area contributed by atoms with E-state index in [1.54, 1.807) is 12.5 Å². The number of carbonyl (C=O) groups excluding carboxylic acids is 2. The normalized spacial score (nSPS) is 11.6. The number of ether oxygens (including phenoxy) is 1. The van der Waals surface area contributed by atoms with E-state index in [2.05, 4.69) is 20.9 Å². The quantitative estimate of drug-likeness (QED) is 0.432. The first-order valence-electron chi connectivity index (χ1n) is 10.4. The van der Waals surface area contributed by atoms with Gasteiger partial charge in [-0.05, 0) is 23.6 Å². The lowest BCUT2D eigenvalue weighted by atomic mass is 10.0. The van der Waals surface area contributed by atoms with Crippen molar-refractivity contribution in [1.82, 2.24) is 15.6 Å². The van der Waals surface area contributed by atoms with Crippen LogP contribution in [-0.4, -0.2) is 36.5 Å². The molecule has 0 saturated heterocycles. The molecule has 2 amide bonds. The van der Waals surface area contributed by atoms with Gasteiger partial charge < -0.3 is 20.7 Å². The molecular formula is C24H28N4O3S. The maximum atomic E-state index is 12.9. The highest BCUT2D eigenvalue weighted by Gasteiger charge is 2.23. The molecule has 3 aromatic rings. The molecule has 0 radical (unpaired) electrons. The summed E-state index contributed by atoms with van der Waals surface area (Å²) in [6.45, 7) is 4.60. The molecule has 168 valence electrons. The van der Waals surface area contributed by atoms with Crippen molar-refractivity contribution in [3.8, 4) is 5.75 Å². The van der Waals surface area contributed by atoms with Crippen LogP contribution in [0.15, 0.2) is 60.0 Å². The van der Waals surface area contributed by atoms with Gasteiger partial charge in [0.2, 0.25) is 5.91 Å². The number of nitrogens with zero attached hydrogens (tertiary/aromatic N) is 1. The van der Waals surface area contributed by atoms with E-state index < -0.39 is 6.04 Å². The number of hydrogen-bond donors (Lipinski definition) is 3. The number of nitrogens with one attached hydrogen (secondary N) is 3. The molecule has 0 aliphatic rings. The zero-order valence-electron chi connectivity index (χ0n) is 18.4. The van der Waals surface area contributed by atoms with Gasteiger partial charge in [0.1, 0.15) is 17.5 Å². The summed E-state index contributed by atoms with van der Waals surface area (Å²) in [7, 11) is 1.61. The highest BCUT2D eigenvalue weighted by molar-refractivity contribution is 7.14. The van der Waals surface area contributed by atoms with Crippen molar-refractivity contribution in [2.45, 2.75) is 26.3 Å². The van der Waals surface area contributed by atoms with Gasteiger partial charge in [0.25, 0.3) is 5.91 Å². The first-order valence-corrected chi connectivity index (χ1v) is 11.3. The van der Waals surface area contributed by atoms with Crippen molar-refractivity contribution in [3.05, 3.63) is 71.2 Å². The summed E-state index contributed by atoms with van der Waals surface area (Å²) in [5.74, 6) is 0.443. The summed E-state index contributed by atoms with van der Waals surface area (Å²) in [6.07, 6.45) is 0.398. The van der Waals surface area contributed by atoms with Crippen molar-refractivity contribution in [3.63, 3.8) is 0 Å². The van der Waals surface area contributed by atoms with Crippen molar-refractivity contribution < 1.29 is 14.3 Å². The monoisotopic (exact) mass is 452 g/mol. The average Bonchev–Trinajstić information content (AvgIpc) is 3.26. The molecule has 0 aliphatic carbocycles. The molecule has 8 heteroatoms. The fourth-order valence-electron chi connectivity index (χ4n) is 2.98. The molecule has 0 saturated carbocycles. The average molecular weight is 453 g/mol. The largest absolute Gasteiger partial charge is 0.497 e. The predicted molar refractivity (Wildman–Crippen MR) is 128 cm³/mol. The summed E-state index contributed by atoms with van der Waals surface area (Å²) < 4.78 is 5.23. The number of rotatable bonds is 10. The van der Waals surface area contributed by atoms with E-state index >= 15 is 0 Å².